The quantitative estimate of drug-likeness (QED) is 0.595. The molecule has 0 aliphatic carbocycles. The second-order valence-electron chi connectivity index (χ2n) is 5.57. The molecular weight excluding hydrogens is 344 g/mol. The first-order valence-corrected chi connectivity index (χ1v) is 9.51. The van der Waals surface area contributed by atoms with Gasteiger partial charge < -0.3 is 5.11 Å². The molecule has 9 heteroatoms. The van der Waals surface area contributed by atoms with E-state index >= 15 is 0 Å². The highest BCUT2D eigenvalue weighted by atomic mass is 32.2. The third-order valence-corrected chi connectivity index (χ3v) is 5.02. The van der Waals surface area contributed by atoms with Gasteiger partial charge in [-0.15, -0.1) is 0 Å². The van der Waals surface area contributed by atoms with Crippen molar-refractivity contribution in [3.05, 3.63) is 48.0 Å². The van der Waals surface area contributed by atoms with Gasteiger partial charge in [0.2, 0.25) is 16.4 Å². The smallest absolute Gasteiger partial charge is 0.326 e. The molecule has 1 aromatic rings. The van der Waals surface area contributed by atoms with Crippen molar-refractivity contribution in [1.29, 1.82) is 0 Å². The first-order valence-electron chi connectivity index (χ1n) is 7.86. The zero-order valence-electron chi connectivity index (χ0n) is 13.9. The Labute approximate surface area is 147 Å². The number of hydrogen-bond acceptors (Lipinski definition) is 5. The van der Waals surface area contributed by atoms with Crippen molar-refractivity contribution in [3.63, 3.8) is 0 Å². The SMILES string of the molecule is C[C@@H](NS(=O)(=O)CC/C=C\CN1C=NC(O)NC1=O)c1ccccc1. The van der Waals surface area contributed by atoms with Crippen molar-refractivity contribution in [2.75, 3.05) is 12.3 Å². The van der Waals surface area contributed by atoms with Gasteiger partial charge >= 0.3 is 6.03 Å². The Kier molecular flexibility index (Phi) is 6.68. The van der Waals surface area contributed by atoms with E-state index < -0.39 is 22.4 Å². The van der Waals surface area contributed by atoms with E-state index in [1.165, 1.54) is 11.2 Å². The summed E-state index contributed by atoms with van der Waals surface area (Å²) >= 11 is 0. The molecule has 0 radical (unpaired) electrons. The number of allylic oxidation sites excluding steroid dienone is 1. The zero-order chi connectivity index (χ0) is 18.3. The van der Waals surface area contributed by atoms with Crippen LogP contribution >= 0.6 is 0 Å². The molecule has 0 aromatic heterocycles. The normalized spacial score (nSPS) is 19.2. The lowest BCUT2D eigenvalue weighted by molar-refractivity contribution is 0.133. The molecule has 0 fully saturated rings. The number of urea groups is 1. The second kappa shape index (κ2) is 8.75. The molecule has 1 aromatic carbocycles. The summed E-state index contributed by atoms with van der Waals surface area (Å²) in [5.41, 5.74) is 0.902. The van der Waals surface area contributed by atoms with Crippen molar-refractivity contribution < 1.29 is 18.3 Å². The van der Waals surface area contributed by atoms with Crippen LogP contribution in [-0.2, 0) is 10.0 Å². The second-order valence-corrected chi connectivity index (χ2v) is 7.44. The zero-order valence-corrected chi connectivity index (χ0v) is 14.7. The molecule has 0 spiro atoms. The summed E-state index contributed by atoms with van der Waals surface area (Å²) in [5, 5.41) is 11.3. The van der Waals surface area contributed by atoms with Gasteiger partial charge in [-0.1, -0.05) is 42.5 Å². The third kappa shape index (κ3) is 6.29. The Bertz CT molecular complexity index is 734. The maximum absolute atomic E-state index is 12.1. The number of carbonyl (C=O) groups excluding carboxylic acids is 1. The first-order chi connectivity index (χ1) is 11.9. The van der Waals surface area contributed by atoms with Gasteiger partial charge in [-0.25, -0.2) is 22.9 Å². The molecule has 1 unspecified atom stereocenters. The number of aliphatic hydroxyl groups excluding tert-OH is 1. The summed E-state index contributed by atoms with van der Waals surface area (Å²) in [7, 11) is -3.41. The van der Waals surface area contributed by atoms with E-state index in [0.717, 1.165) is 5.56 Å². The fraction of sp³-hybridized carbons (Fsp3) is 0.375. The summed E-state index contributed by atoms with van der Waals surface area (Å²) in [5.74, 6) is -0.0420. The number of amides is 2. The fourth-order valence-corrected chi connectivity index (χ4v) is 3.46. The van der Waals surface area contributed by atoms with Crippen LogP contribution in [0.15, 0.2) is 47.5 Å². The Hall–Kier alpha value is -2.23. The largest absolute Gasteiger partial charge is 0.355 e. The van der Waals surface area contributed by atoms with E-state index in [-0.39, 0.29) is 18.3 Å². The standard InChI is InChI=1S/C16H22N4O4S/c1-13(14-8-4-2-5-9-14)19-25(23,24)11-7-3-6-10-20-12-17-15(21)18-16(20)22/h2-6,8-9,12-13,15,19,21H,7,10-11H2,1H3,(H,18,22)/b6-3-/t13-,15?/m1/s1. The van der Waals surface area contributed by atoms with Gasteiger partial charge in [-0.2, -0.15) is 0 Å². The van der Waals surface area contributed by atoms with Crippen LogP contribution in [-0.4, -0.2) is 49.4 Å². The van der Waals surface area contributed by atoms with Crippen LogP contribution in [0.2, 0.25) is 0 Å². The summed E-state index contributed by atoms with van der Waals surface area (Å²) < 4.78 is 26.8. The summed E-state index contributed by atoms with van der Waals surface area (Å²) in [4.78, 5) is 16.4. The fourth-order valence-electron chi connectivity index (χ4n) is 2.22. The minimum absolute atomic E-state index is 0.0420. The molecule has 3 N–H and O–H groups in total. The number of benzene rings is 1. The van der Waals surface area contributed by atoms with Crippen LogP contribution in [0, 0.1) is 0 Å². The number of hydrogen-bond donors (Lipinski definition) is 3. The van der Waals surface area contributed by atoms with E-state index in [9.17, 15) is 13.2 Å². The van der Waals surface area contributed by atoms with Crippen LogP contribution in [0.5, 0.6) is 0 Å². The highest BCUT2D eigenvalue weighted by molar-refractivity contribution is 7.89. The average molecular weight is 366 g/mol. The van der Waals surface area contributed by atoms with Gasteiger partial charge in [0.25, 0.3) is 0 Å². The Balaban J connectivity index is 1.76. The van der Waals surface area contributed by atoms with Crippen LogP contribution in [0.4, 0.5) is 4.79 Å². The van der Waals surface area contributed by atoms with Crippen molar-refractivity contribution >= 4 is 22.4 Å². The lowest BCUT2D eigenvalue weighted by Gasteiger charge is -2.22. The maximum atomic E-state index is 12.1. The minimum Gasteiger partial charge on any atom is -0.355 e. The highest BCUT2D eigenvalue weighted by Crippen LogP contribution is 2.12. The van der Waals surface area contributed by atoms with E-state index in [4.69, 9.17) is 5.11 Å². The third-order valence-electron chi connectivity index (χ3n) is 3.54. The minimum atomic E-state index is -3.41. The Morgan fingerprint density at radius 2 is 2.08 bits per heavy atom. The lowest BCUT2D eigenvalue weighted by Crippen LogP contribution is -2.47. The molecule has 25 heavy (non-hydrogen) atoms. The molecule has 136 valence electrons. The van der Waals surface area contributed by atoms with Gasteiger partial charge in [0.1, 0.15) is 0 Å². The molecule has 1 heterocycles. The summed E-state index contributed by atoms with van der Waals surface area (Å²) in [6.45, 7) is 2.04. The molecule has 0 bridgehead atoms. The van der Waals surface area contributed by atoms with Crippen LogP contribution in [0.1, 0.15) is 24.9 Å². The first kappa shape index (κ1) is 19.1. The van der Waals surface area contributed by atoms with Crippen LogP contribution in [0.3, 0.4) is 0 Å². The van der Waals surface area contributed by atoms with Crippen molar-refractivity contribution in [1.82, 2.24) is 14.9 Å². The van der Waals surface area contributed by atoms with Gasteiger partial charge in [0.05, 0.1) is 12.1 Å². The summed E-state index contributed by atoms with van der Waals surface area (Å²) in [6.07, 6.45) is 3.73. The average Bonchev–Trinajstić information content (AvgIpc) is 2.56. The van der Waals surface area contributed by atoms with Crippen LogP contribution < -0.4 is 10.0 Å². The number of carbonyl (C=O) groups is 1. The molecule has 0 saturated heterocycles. The Morgan fingerprint density at radius 1 is 1.36 bits per heavy atom. The van der Waals surface area contributed by atoms with Crippen LogP contribution in [0.25, 0.3) is 0 Å². The van der Waals surface area contributed by atoms with Crippen molar-refractivity contribution in [2.45, 2.75) is 25.7 Å². The lowest BCUT2D eigenvalue weighted by atomic mass is 10.1. The topological polar surface area (TPSA) is 111 Å². The number of rotatable bonds is 8. The predicted octanol–water partition coefficient (Wildman–Crippen LogP) is 0.943. The molecular formula is C16H22N4O4S. The van der Waals surface area contributed by atoms with E-state index in [0.29, 0.717) is 6.42 Å². The van der Waals surface area contributed by atoms with Gasteiger partial charge in [-0.05, 0) is 18.9 Å². The monoisotopic (exact) mass is 366 g/mol. The molecule has 8 nitrogen and oxygen atoms in total. The number of nitrogens with zero attached hydrogens (tertiary/aromatic N) is 2. The molecule has 1 aliphatic heterocycles. The molecule has 0 saturated carbocycles. The van der Waals surface area contributed by atoms with Crippen molar-refractivity contribution in [3.8, 4) is 0 Å². The highest BCUT2D eigenvalue weighted by Gasteiger charge is 2.18. The number of aliphatic hydroxyl groups is 1. The van der Waals surface area contributed by atoms with Gasteiger partial charge in [0.15, 0.2) is 0 Å². The predicted molar refractivity (Wildman–Crippen MR) is 95.3 cm³/mol. The number of nitrogens with one attached hydrogen (secondary N) is 2. The molecule has 2 atom stereocenters. The Morgan fingerprint density at radius 3 is 2.76 bits per heavy atom. The number of sulfonamides is 1. The van der Waals surface area contributed by atoms with E-state index in [1.54, 1.807) is 19.1 Å². The molecule has 1 aliphatic rings. The maximum Gasteiger partial charge on any atom is 0.326 e. The summed E-state index contributed by atoms with van der Waals surface area (Å²) in [6, 6.07) is 8.59. The number of aliphatic imine (C=N–C) groups is 1. The van der Waals surface area contributed by atoms with Gasteiger partial charge in [-0.3, -0.25) is 10.2 Å². The van der Waals surface area contributed by atoms with Crippen molar-refractivity contribution in [2.24, 2.45) is 4.99 Å². The van der Waals surface area contributed by atoms with E-state index in [1.807, 2.05) is 30.3 Å². The molecule has 2 amide bonds. The molecule has 2 rings (SSSR count). The van der Waals surface area contributed by atoms with E-state index in [2.05, 4.69) is 15.0 Å². The van der Waals surface area contributed by atoms with Gasteiger partial charge in [0, 0.05) is 12.6 Å².